The van der Waals surface area contributed by atoms with Gasteiger partial charge in [0.15, 0.2) is 0 Å². The zero-order valence-electron chi connectivity index (χ0n) is 10.7. The molecule has 0 spiro atoms. The number of ether oxygens (including phenoxy) is 1. The lowest BCUT2D eigenvalue weighted by Crippen LogP contribution is -2.18. The van der Waals surface area contributed by atoms with E-state index in [-0.39, 0.29) is 18.8 Å². The fourth-order valence-electron chi connectivity index (χ4n) is 1.56. The number of anilines is 2. The molecule has 1 aromatic rings. The molecule has 0 saturated carbocycles. The topological polar surface area (TPSA) is 67.5 Å². The summed E-state index contributed by atoms with van der Waals surface area (Å²) in [5.41, 5.74) is 7.49. The van der Waals surface area contributed by atoms with Crippen molar-refractivity contribution in [1.82, 2.24) is 0 Å². The molecule has 0 radical (unpaired) electrons. The minimum Gasteiger partial charge on any atom is -0.489 e. The number of nitrogens with two attached hydrogens (primary N) is 1. The van der Waals surface area contributed by atoms with Crippen molar-refractivity contribution >= 4 is 11.4 Å². The Hall–Kier alpha value is -1.42. The molecule has 1 aromatic carbocycles. The van der Waals surface area contributed by atoms with E-state index >= 15 is 0 Å². The van der Waals surface area contributed by atoms with Gasteiger partial charge in [-0.2, -0.15) is 0 Å². The molecule has 1 unspecified atom stereocenters. The molecule has 17 heavy (non-hydrogen) atoms. The van der Waals surface area contributed by atoms with Crippen LogP contribution in [0.25, 0.3) is 0 Å². The highest BCUT2D eigenvalue weighted by molar-refractivity contribution is 5.73. The van der Waals surface area contributed by atoms with Crippen LogP contribution in [0, 0.1) is 0 Å². The lowest BCUT2D eigenvalue weighted by Gasteiger charge is -2.18. The number of para-hydroxylation sites is 1. The molecule has 4 nitrogen and oxygen atoms in total. The summed E-state index contributed by atoms with van der Waals surface area (Å²) in [6.45, 7) is 6.10. The summed E-state index contributed by atoms with van der Waals surface area (Å²) in [5, 5.41) is 12.1. The van der Waals surface area contributed by atoms with E-state index in [0.717, 1.165) is 5.69 Å². The number of hydrogen-bond acceptors (Lipinski definition) is 4. The van der Waals surface area contributed by atoms with Gasteiger partial charge in [0.1, 0.15) is 5.75 Å². The van der Waals surface area contributed by atoms with Crippen LogP contribution in [0.15, 0.2) is 18.2 Å². The fourth-order valence-corrected chi connectivity index (χ4v) is 1.56. The Balaban J connectivity index is 2.79. The zero-order valence-corrected chi connectivity index (χ0v) is 10.7. The van der Waals surface area contributed by atoms with E-state index in [1.807, 2.05) is 39.0 Å². The largest absolute Gasteiger partial charge is 0.489 e. The number of nitrogen functional groups attached to an aromatic ring is 1. The Bertz CT molecular complexity index is 353. The van der Waals surface area contributed by atoms with E-state index in [1.165, 1.54) is 0 Å². The molecule has 4 heteroatoms. The van der Waals surface area contributed by atoms with Crippen LogP contribution in [0.3, 0.4) is 0 Å². The Morgan fingerprint density at radius 1 is 1.35 bits per heavy atom. The summed E-state index contributed by atoms with van der Waals surface area (Å²) in [4.78, 5) is 0. The average Bonchev–Trinajstić information content (AvgIpc) is 2.23. The summed E-state index contributed by atoms with van der Waals surface area (Å²) in [6.07, 6.45) is 0.789. The monoisotopic (exact) mass is 238 g/mol. The van der Waals surface area contributed by atoms with E-state index in [4.69, 9.17) is 15.6 Å². The van der Waals surface area contributed by atoms with Gasteiger partial charge in [-0.3, -0.25) is 0 Å². The van der Waals surface area contributed by atoms with Crippen LogP contribution in [0.5, 0.6) is 5.75 Å². The van der Waals surface area contributed by atoms with Crippen LogP contribution < -0.4 is 15.8 Å². The summed E-state index contributed by atoms with van der Waals surface area (Å²) in [5.74, 6) is 0.696. The number of nitrogens with one attached hydrogen (secondary N) is 1. The van der Waals surface area contributed by atoms with Crippen molar-refractivity contribution in [2.75, 3.05) is 17.7 Å². The Morgan fingerprint density at radius 2 is 2.06 bits per heavy atom. The van der Waals surface area contributed by atoms with E-state index in [0.29, 0.717) is 17.9 Å². The van der Waals surface area contributed by atoms with E-state index < -0.39 is 0 Å². The number of rotatable bonds is 6. The molecular weight excluding hydrogens is 216 g/mol. The number of aliphatic hydroxyl groups is 1. The van der Waals surface area contributed by atoms with Gasteiger partial charge in [-0.05, 0) is 39.3 Å². The maximum absolute atomic E-state index is 8.86. The highest BCUT2D eigenvalue weighted by Gasteiger charge is 2.09. The lowest BCUT2D eigenvalue weighted by atomic mass is 10.2. The van der Waals surface area contributed by atoms with Crippen LogP contribution in [0.4, 0.5) is 11.4 Å². The van der Waals surface area contributed by atoms with Gasteiger partial charge < -0.3 is 20.9 Å². The fraction of sp³-hybridized carbons (Fsp3) is 0.538. The zero-order chi connectivity index (χ0) is 12.8. The third-order valence-electron chi connectivity index (χ3n) is 2.39. The van der Waals surface area contributed by atoms with E-state index in [2.05, 4.69) is 5.32 Å². The molecule has 0 bridgehead atoms. The van der Waals surface area contributed by atoms with Crippen molar-refractivity contribution in [2.24, 2.45) is 0 Å². The second kappa shape index (κ2) is 6.35. The molecule has 0 heterocycles. The predicted octanol–water partition coefficient (Wildman–Crippen LogP) is 2.24. The first kappa shape index (κ1) is 13.6. The molecule has 0 aliphatic heterocycles. The molecule has 96 valence electrons. The van der Waals surface area contributed by atoms with E-state index in [9.17, 15) is 0 Å². The van der Waals surface area contributed by atoms with Crippen molar-refractivity contribution in [3.8, 4) is 5.75 Å². The summed E-state index contributed by atoms with van der Waals surface area (Å²) < 4.78 is 5.61. The highest BCUT2D eigenvalue weighted by Crippen LogP contribution is 2.30. The first-order valence-electron chi connectivity index (χ1n) is 5.97. The first-order chi connectivity index (χ1) is 8.04. The van der Waals surface area contributed by atoms with E-state index in [1.54, 1.807) is 0 Å². The summed E-state index contributed by atoms with van der Waals surface area (Å²) in [7, 11) is 0. The van der Waals surface area contributed by atoms with Gasteiger partial charge >= 0.3 is 0 Å². The smallest absolute Gasteiger partial charge is 0.144 e. The number of hydrogen-bond donors (Lipinski definition) is 3. The summed E-state index contributed by atoms with van der Waals surface area (Å²) >= 11 is 0. The van der Waals surface area contributed by atoms with Crippen LogP contribution >= 0.6 is 0 Å². The van der Waals surface area contributed by atoms with Crippen molar-refractivity contribution in [1.29, 1.82) is 0 Å². The minimum atomic E-state index is 0.0995. The molecule has 0 amide bonds. The lowest BCUT2D eigenvalue weighted by molar-refractivity contribution is 0.244. The second-order valence-electron chi connectivity index (χ2n) is 4.44. The SMILES string of the molecule is CC(CCO)Nc1cccc(OC(C)C)c1N. The standard InChI is InChI=1S/C13H22N2O2/c1-9(2)17-12-6-4-5-11(13(12)14)15-10(3)7-8-16/h4-6,9-10,15-16H,7-8,14H2,1-3H3. The average molecular weight is 238 g/mol. The first-order valence-corrected chi connectivity index (χ1v) is 5.97. The van der Waals surface area contributed by atoms with Gasteiger partial charge in [-0.1, -0.05) is 6.07 Å². The molecule has 0 aromatic heterocycles. The third kappa shape index (κ3) is 4.15. The highest BCUT2D eigenvalue weighted by atomic mass is 16.5. The Morgan fingerprint density at radius 3 is 2.65 bits per heavy atom. The predicted molar refractivity (Wildman–Crippen MR) is 71.4 cm³/mol. The van der Waals surface area contributed by atoms with Crippen LogP contribution in [-0.2, 0) is 0 Å². The van der Waals surface area contributed by atoms with Gasteiger partial charge in [0.2, 0.25) is 0 Å². The van der Waals surface area contributed by atoms with Crippen LogP contribution in [0.1, 0.15) is 27.2 Å². The van der Waals surface area contributed by atoms with Gasteiger partial charge in [-0.15, -0.1) is 0 Å². The van der Waals surface area contributed by atoms with Gasteiger partial charge in [-0.25, -0.2) is 0 Å². The maximum Gasteiger partial charge on any atom is 0.144 e. The second-order valence-corrected chi connectivity index (χ2v) is 4.44. The Kier molecular flexibility index (Phi) is 5.10. The van der Waals surface area contributed by atoms with Crippen molar-refractivity contribution in [3.05, 3.63) is 18.2 Å². The third-order valence-corrected chi connectivity index (χ3v) is 2.39. The van der Waals surface area contributed by atoms with Gasteiger partial charge in [0.25, 0.3) is 0 Å². The number of benzene rings is 1. The molecule has 0 fully saturated rings. The minimum absolute atomic E-state index is 0.0995. The molecule has 4 N–H and O–H groups in total. The van der Waals surface area contributed by atoms with Crippen LogP contribution in [0.2, 0.25) is 0 Å². The van der Waals surface area contributed by atoms with Gasteiger partial charge in [0.05, 0.1) is 17.5 Å². The molecule has 1 rings (SSSR count). The van der Waals surface area contributed by atoms with Crippen molar-refractivity contribution < 1.29 is 9.84 Å². The van der Waals surface area contributed by atoms with Crippen molar-refractivity contribution in [3.63, 3.8) is 0 Å². The van der Waals surface area contributed by atoms with Crippen LogP contribution in [-0.4, -0.2) is 23.9 Å². The molecular formula is C13H22N2O2. The maximum atomic E-state index is 8.86. The van der Waals surface area contributed by atoms with Gasteiger partial charge in [0, 0.05) is 12.6 Å². The molecule has 1 atom stereocenters. The molecule has 0 saturated heterocycles. The Labute approximate surface area is 103 Å². The molecule has 0 aliphatic rings. The summed E-state index contributed by atoms with van der Waals surface area (Å²) in [6, 6.07) is 5.85. The normalized spacial score (nSPS) is 12.5. The molecule has 0 aliphatic carbocycles. The number of aliphatic hydroxyl groups excluding tert-OH is 1. The van der Waals surface area contributed by atoms with Crippen molar-refractivity contribution in [2.45, 2.75) is 39.3 Å². The quantitative estimate of drug-likeness (QED) is 0.665.